The first-order valence-corrected chi connectivity index (χ1v) is 8.99. The molecule has 26 heavy (non-hydrogen) atoms. The van der Waals surface area contributed by atoms with E-state index in [9.17, 15) is 5.11 Å². The number of nitrogens with zero attached hydrogens (tertiary/aromatic N) is 4. The molecule has 0 aliphatic heterocycles. The molecule has 0 unspecified atom stereocenters. The third-order valence-electron chi connectivity index (χ3n) is 5.09. The van der Waals surface area contributed by atoms with Gasteiger partial charge in [0.2, 0.25) is 0 Å². The highest BCUT2D eigenvalue weighted by molar-refractivity contribution is 5.57. The van der Waals surface area contributed by atoms with Crippen molar-refractivity contribution in [2.24, 2.45) is 5.73 Å². The summed E-state index contributed by atoms with van der Waals surface area (Å²) < 4.78 is 6.94. The van der Waals surface area contributed by atoms with E-state index in [0.717, 1.165) is 31.4 Å². The minimum Gasteiger partial charge on any atom is -0.504 e. The summed E-state index contributed by atoms with van der Waals surface area (Å²) in [4.78, 5) is 4.40. The minimum absolute atomic E-state index is 0.00868. The van der Waals surface area contributed by atoms with E-state index in [1.165, 1.54) is 11.8 Å². The van der Waals surface area contributed by atoms with E-state index in [-0.39, 0.29) is 17.3 Å². The van der Waals surface area contributed by atoms with Gasteiger partial charge in [-0.25, -0.2) is 4.68 Å². The third-order valence-corrected chi connectivity index (χ3v) is 5.09. The van der Waals surface area contributed by atoms with Crippen molar-refractivity contribution in [2.45, 2.75) is 51.0 Å². The minimum atomic E-state index is -0.535. The Labute approximate surface area is 151 Å². The Balaban J connectivity index is 1.64. The summed E-state index contributed by atoms with van der Waals surface area (Å²) in [6.07, 6.45) is 5.35. The Morgan fingerprint density at radius 3 is 2.54 bits per heavy atom. The summed E-state index contributed by atoms with van der Waals surface area (Å²) in [5.74, 6) is 1.12. The highest BCUT2D eigenvalue weighted by Gasteiger charge is 2.36. The van der Waals surface area contributed by atoms with Gasteiger partial charge in [-0.1, -0.05) is 44.0 Å². The van der Waals surface area contributed by atoms with Gasteiger partial charge in [-0.2, -0.15) is 10.1 Å². The number of aromatic hydroxyl groups is 1. The van der Waals surface area contributed by atoms with Crippen LogP contribution in [-0.4, -0.2) is 25.0 Å². The average molecular weight is 353 g/mol. The van der Waals surface area contributed by atoms with Gasteiger partial charge in [0.05, 0.1) is 17.4 Å². The van der Waals surface area contributed by atoms with Crippen LogP contribution in [0.25, 0.3) is 17.3 Å². The van der Waals surface area contributed by atoms with Crippen molar-refractivity contribution in [3.8, 4) is 23.0 Å². The van der Waals surface area contributed by atoms with Crippen LogP contribution in [0.15, 0.2) is 35.0 Å². The lowest BCUT2D eigenvalue weighted by Gasteiger charge is -2.17. The Kier molecular flexibility index (Phi) is 4.03. The third kappa shape index (κ3) is 2.88. The van der Waals surface area contributed by atoms with E-state index in [1.54, 1.807) is 4.68 Å². The maximum Gasteiger partial charge on any atom is 0.282 e. The van der Waals surface area contributed by atoms with Crippen LogP contribution in [0.4, 0.5) is 0 Å². The first-order valence-electron chi connectivity index (χ1n) is 8.99. The van der Waals surface area contributed by atoms with Crippen LogP contribution in [0.1, 0.15) is 56.8 Å². The van der Waals surface area contributed by atoms with E-state index >= 15 is 0 Å². The van der Waals surface area contributed by atoms with Gasteiger partial charge < -0.3 is 15.4 Å². The molecule has 136 valence electrons. The molecule has 3 N–H and O–H groups in total. The van der Waals surface area contributed by atoms with Crippen LogP contribution in [0.2, 0.25) is 0 Å². The fourth-order valence-corrected chi connectivity index (χ4v) is 3.41. The van der Waals surface area contributed by atoms with Crippen molar-refractivity contribution >= 4 is 0 Å². The molecule has 0 saturated heterocycles. The lowest BCUT2D eigenvalue weighted by Crippen LogP contribution is -2.34. The second-order valence-electron chi connectivity index (χ2n) is 7.34. The normalized spacial score (nSPS) is 16.5. The summed E-state index contributed by atoms with van der Waals surface area (Å²) in [5, 5.41) is 18.7. The Bertz CT molecular complexity index is 904. The van der Waals surface area contributed by atoms with Gasteiger partial charge in [0.25, 0.3) is 5.89 Å². The van der Waals surface area contributed by atoms with Crippen molar-refractivity contribution in [1.82, 2.24) is 19.9 Å². The largest absolute Gasteiger partial charge is 0.504 e. The molecule has 0 atom stereocenters. The summed E-state index contributed by atoms with van der Waals surface area (Å²) in [6, 6.07) is 8.05. The molecule has 1 aliphatic rings. The lowest BCUT2D eigenvalue weighted by molar-refractivity contribution is 0.371. The lowest BCUT2D eigenvalue weighted by atomic mass is 9.99. The summed E-state index contributed by atoms with van der Waals surface area (Å²) in [5.41, 5.74) is 8.19. The molecular formula is C19H23N5O2. The smallest absolute Gasteiger partial charge is 0.282 e. The van der Waals surface area contributed by atoms with Crippen LogP contribution >= 0.6 is 0 Å². The SMILES string of the molecule is CC(C)c1ccc(-n2cc(O)c(-c3nc(C4(N)CCCC4)no3)n2)cc1. The molecule has 0 amide bonds. The molecular weight excluding hydrogens is 330 g/mol. The van der Waals surface area contributed by atoms with Gasteiger partial charge in [0, 0.05) is 0 Å². The zero-order valence-corrected chi connectivity index (χ0v) is 15.0. The first-order chi connectivity index (χ1) is 12.5. The molecule has 0 radical (unpaired) electrons. The maximum absolute atomic E-state index is 10.3. The summed E-state index contributed by atoms with van der Waals surface area (Å²) >= 11 is 0. The molecule has 0 spiro atoms. The highest BCUT2D eigenvalue weighted by atomic mass is 16.5. The molecule has 1 fully saturated rings. The molecule has 1 saturated carbocycles. The summed E-state index contributed by atoms with van der Waals surface area (Å²) in [6.45, 7) is 4.29. The van der Waals surface area contributed by atoms with Crippen LogP contribution in [-0.2, 0) is 5.54 Å². The highest BCUT2D eigenvalue weighted by Crippen LogP contribution is 2.36. The second kappa shape index (κ2) is 6.25. The van der Waals surface area contributed by atoms with E-state index in [1.807, 2.05) is 12.1 Å². The van der Waals surface area contributed by atoms with Crippen molar-refractivity contribution in [3.63, 3.8) is 0 Å². The molecule has 3 aromatic rings. The van der Waals surface area contributed by atoms with Gasteiger partial charge in [0.15, 0.2) is 17.3 Å². The predicted molar refractivity (Wildman–Crippen MR) is 96.9 cm³/mol. The van der Waals surface area contributed by atoms with E-state index < -0.39 is 5.54 Å². The number of rotatable bonds is 4. The van der Waals surface area contributed by atoms with Gasteiger partial charge in [0.1, 0.15) is 0 Å². The standard InChI is InChI=1S/C19H23N5O2/c1-12(2)13-5-7-14(8-6-13)24-11-15(25)16(22-24)17-21-18(23-26-17)19(20)9-3-4-10-19/h5-8,11-12,25H,3-4,9-10,20H2,1-2H3. The van der Waals surface area contributed by atoms with Crippen LogP contribution < -0.4 is 5.73 Å². The molecule has 1 aliphatic carbocycles. The van der Waals surface area contributed by atoms with Crippen molar-refractivity contribution in [3.05, 3.63) is 41.9 Å². The second-order valence-corrected chi connectivity index (χ2v) is 7.34. The topological polar surface area (TPSA) is 103 Å². The van der Waals surface area contributed by atoms with Crippen molar-refractivity contribution in [2.75, 3.05) is 0 Å². The van der Waals surface area contributed by atoms with Crippen LogP contribution in [0.3, 0.4) is 0 Å². The van der Waals surface area contributed by atoms with Gasteiger partial charge in [-0.3, -0.25) is 0 Å². The van der Waals surface area contributed by atoms with Crippen molar-refractivity contribution in [1.29, 1.82) is 0 Å². The van der Waals surface area contributed by atoms with Gasteiger partial charge in [-0.05, 0) is 36.5 Å². The molecule has 7 heteroatoms. The molecule has 1 aromatic carbocycles. The monoisotopic (exact) mass is 353 g/mol. The molecule has 2 aromatic heterocycles. The van der Waals surface area contributed by atoms with E-state index in [2.05, 4.69) is 41.2 Å². The maximum atomic E-state index is 10.3. The quantitative estimate of drug-likeness (QED) is 0.744. The number of hydrogen-bond donors (Lipinski definition) is 2. The van der Waals surface area contributed by atoms with Gasteiger partial charge >= 0.3 is 0 Å². The molecule has 7 nitrogen and oxygen atoms in total. The Morgan fingerprint density at radius 2 is 1.88 bits per heavy atom. The van der Waals surface area contributed by atoms with Crippen LogP contribution in [0, 0.1) is 0 Å². The zero-order chi connectivity index (χ0) is 18.3. The Hall–Kier alpha value is -2.67. The zero-order valence-electron chi connectivity index (χ0n) is 15.0. The molecule has 4 rings (SSSR count). The van der Waals surface area contributed by atoms with Crippen molar-refractivity contribution < 1.29 is 9.63 Å². The fourth-order valence-electron chi connectivity index (χ4n) is 3.41. The summed E-state index contributed by atoms with van der Waals surface area (Å²) in [7, 11) is 0. The van der Waals surface area contributed by atoms with E-state index in [0.29, 0.717) is 11.7 Å². The number of benzene rings is 1. The van der Waals surface area contributed by atoms with Crippen LogP contribution in [0.5, 0.6) is 5.75 Å². The molecule has 0 bridgehead atoms. The number of nitrogens with two attached hydrogens (primary N) is 1. The number of hydrogen-bond acceptors (Lipinski definition) is 6. The average Bonchev–Trinajstić information content (AvgIpc) is 3.35. The van der Waals surface area contributed by atoms with Gasteiger partial charge in [-0.15, -0.1) is 0 Å². The first kappa shape index (κ1) is 16.8. The Morgan fingerprint density at radius 1 is 1.19 bits per heavy atom. The number of aromatic nitrogens is 4. The predicted octanol–water partition coefficient (Wildman–Crippen LogP) is 3.48. The van der Waals surface area contributed by atoms with E-state index in [4.69, 9.17) is 10.3 Å². The fraction of sp³-hybridized carbons (Fsp3) is 0.421. The molecule has 2 heterocycles.